The Morgan fingerprint density at radius 2 is 1.82 bits per heavy atom. The maximum Gasteiger partial charge on any atom is 0.0640 e. The number of rotatable bonds is 4. The van der Waals surface area contributed by atoms with Crippen LogP contribution < -0.4 is 0 Å². The Kier molecular flexibility index (Phi) is 4.01. The Morgan fingerprint density at radius 1 is 1.18 bits per heavy atom. The van der Waals surface area contributed by atoms with E-state index in [0.29, 0.717) is 0 Å². The zero-order valence-electron chi connectivity index (χ0n) is 10.9. The highest BCUT2D eigenvalue weighted by Gasteiger charge is 2.34. The fourth-order valence-corrected chi connectivity index (χ4v) is 3.02. The third kappa shape index (κ3) is 2.30. The third-order valence-electron chi connectivity index (χ3n) is 4.07. The van der Waals surface area contributed by atoms with Gasteiger partial charge in [-0.15, -0.1) is 6.58 Å². The molecule has 17 heavy (non-hydrogen) atoms. The molecule has 0 aromatic heterocycles. The smallest absolute Gasteiger partial charge is 0.0640 e. The Labute approximate surface area is 105 Å². The number of benzene rings is 1. The molecule has 2 rings (SSSR count). The SMILES string of the molecule is C=CC(CC)(c1ccccc1)N1CCCCC1. The van der Waals surface area contributed by atoms with Gasteiger partial charge in [-0.05, 0) is 37.9 Å². The maximum atomic E-state index is 4.11. The average molecular weight is 229 g/mol. The van der Waals surface area contributed by atoms with E-state index in [-0.39, 0.29) is 5.54 Å². The van der Waals surface area contributed by atoms with Crippen molar-refractivity contribution in [1.82, 2.24) is 4.90 Å². The first-order valence-electron chi connectivity index (χ1n) is 6.77. The van der Waals surface area contributed by atoms with Crippen LogP contribution in [0.25, 0.3) is 0 Å². The summed E-state index contributed by atoms with van der Waals surface area (Å²) in [5.41, 5.74) is 1.43. The Balaban J connectivity index is 2.34. The summed E-state index contributed by atoms with van der Waals surface area (Å²) in [6, 6.07) is 10.8. The predicted octanol–water partition coefficient (Wildman–Crippen LogP) is 3.96. The molecule has 1 fully saturated rings. The van der Waals surface area contributed by atoms with Gasteiger partial charge >= 0.3 is 0 Å². The summed E-state index contributed by atoms with van der Waals surface area (Å²) in [6.45, 7) is 8.79. The molecule has 1 heterocycles. The average Bonchev–Trinajstić information content (AvgIpc) is 2.43. The molecule has 1 nitrogen and oxygen atoms in total. The van der Waals surface area contributed by atoms with Crippen LogP contribution in [0.3, 0.4) is 0 Å². The second kappa shape index (κ2) is 5.50. The van der Waals surface area contributed by atoms with Crippen LogP contribution in [0.1, 0.15) is 38.2 Å². The standard InChI is InChI=1S/C16H23N/c1-3-16(4-2,15-11-7-5-8-12-15)17-13-9-6-10-14-17/h3,5,7-8,11-12H,1,4,6,9-10,13-14H2,2H3. The summed E-state index contributed by atoms with van der Waals surface area (Å²) in [6.07, 6.45) is 7.27. The molecule has 0 spiro atoms. The van der Waals surface area contributed by atoms with Crippen molar-refractivity contribution in [2.75, 3.05) is 13.1 Å². The number of piperidine rings is 1. The number of nitrogens with zero attached hydrogens (tertiary/aromatic N) is 1. The number of likely N-dealkylation sites (tertiary alicyclic amines) is 1. The molecule has 1 saturated heterocycles. The van der Waals surface area contributed by atoms with Gasteiger partial charge < -0.3 is 0 Å². The summed E-state index contributed by atoms with van der Waals surface area (Å²) < 4.78 is 0. The predicted molar refractivity (Wildman–Crippen MR) is 74.0 cm³/mol. The molecule has 1 aliphatic heterocycles. The van der Waals surface area contributed by atoms with Crippen molar-refractivity contribution in [2.24, 2.45) is 0 Å². The lowest BCUT2D eigenvalue weighted by Gasteiger charge is -2.44. The fraction of sp³-hybridized carbons (Fsp3) is 0.500. The van der Waals surface area contributed by atoms with Gasteiger partial charge in [0, 0.05) is 0 Å². The van der Waals surface area contributed by atoms with Crippen LogP contribution in [0.15, 0.2) is 43.0 Å². The highest BCUT2D eigenvalue weighted by molar-refractivity contribution is 5.29. The Bertz CT molecular complexity index is 351. The van der Waals surface area contributed by atoms with Crippen LogP contribution in [0.2, 0.25) is 0 Å². The van der Waals surface area contributed by atoms with E-state index in [1.54, 1.807) is 0 Å². The molecule has 92 valence electrons. The summed E-state index contributed by atoms with van der Waals surface area (Å²) >= 11 is 0. The highest BCUT2D eigenvalue weighted by atomic mass is 15.2. The van der Waals surface area contributed by atoms with Crippen molar-refractivity contribution in [3.05, 3.63) is 48.6 Å². The maximum absolute atomic E-state index is 4.11. The normalized spacial score (nSPS) is 20.8. The number of hydrogen-bond acceptors (Lipinski definition) is 1. The zero-order chi connectivity index (χ0) is 12.1. The van der Waals surface area contributed by atoms with Crippen LogP contribution in [-0.2, 0) is 5.54 Å². The molecule has 1 aromatic rings. The van der Waals surface area contributed by atoms with Crippen molar-refractivity contribution in [3.63, 3.8) is 0 Å². The molecular weight excluding hydrogens is 206 g/mol. The first kappa shape index (κ1) is 12.4. The summed E-state index contributed by atoms with van der Waals surface area (Å²) in [7, 11) is 0. The van der Waals surface area contributed by atoms with Crippen molar-refractivity contribution in [3.8, 4) is 0 Å². The van der Waals surface area contributed by atoms with Crippen molar-refractivity contribution in [1.29, 1.82) is 0 Å². The van der Waals surface area contributed by atoms with E-state index in [1.807, 2.05) is 0 Å². The van der Waals surface area contributed by atoms with Crippen LogP contribution in [0.5, 0.6) is 0 Å². The molecule has 1 aliphatic rings. The van der Waals surface area contributed by atoms with Gasteiger partial charge in [-0.1, -0.05) is 49.8 Å². The molecular formula is C16H23N. The minimum Gasteiger partial charge on any atom is -0.290 e. The van der Waals surface area contributed by atoms with E-state index in [4.69, 9.17) is 0 Å². The Hall–Kier alpha value is -1.08. The second-order valence-corrected chi connectivity index (χ2v) is 4.90. The van der Waals surface area contributed by atoms with Crippen LogP contribution in [0.4, 0.5) is 0 Å². The van der Waals surface area contributed by atoms with Gasteiger partial charge in [0.25, 0.3) is 0 Å². The van der Waals surface area contributed by atoms with Crippen molar-refractivity contribution in [2.45, 2.75) is 38.1 Å². The van der Waals surface area contributed by atoms with Gasteiger partial charge in [0.15, 0.2) is 0 Å². The molecule has 0 saturated carbocycles. The molecule has 0 bridgehead atoms. The number of hydrogen-bond donors (Lipinski definition) is 0. The van der Waals surface area contributed by atoms with E-state index >= 15 is 0 Å². The van der Waals surface area contributed by atoms with Crippen LogP contribution >= 0.6 is 0 Å². The van der Waals surface area contributed by atoms with Crippen LogP contribution in [0, 0.1) is 0 Å². The lowest BCUT2D eigenvalue weighted by Crippen LogP contribution is -2.46. The lowest BCUT2D eigenvalue weighted by molar-refractivity contribution is 0.0994. The van der Waals surface area contributed by atoms with E-state index in [0.717, 1.165) is 6.42 Å². The molecule has 0 amide bonds. The van der Waals surface area contributed by atoms with Gasteiger partial charge in [-0.25, -0.2) is 0 Å². The van der Waals surface area contributed by atoms with Gasteiger partial charge in [-0.2, -0.15) is 0 Å². The topological polar surface area (TPSA) is 3.24 Å². The molecule has 0 N–H and O–H groups in total. The first-order chi connectivity index (χ1) is 8.33. The molecule has 0 radical (unpaired) electrons. The minimum atomic E-state index is 0.0433. The van der Waals surface area contributed by atoms with Crippen molar-refractivity contribution < 1.29 is 0 Å². The van der Waals surface area contributed by atoms with E-state index in [9.17, 15) is 0 Å². The summed E-state index contributed by atoms with van der Waals surface area (Å²) in [4.78, 5) is 2.61. The summed E-state index contributed by atoms with van der Waals surface area (Å²) in [5, 5.41) is 0. The minimum absolute atomic E-state index is 0.0433. The zero-order valence-corrected chi connectivity index (χ0v) is 10.9. The Morgan fingerprint density at radius 3 is 2.35 bits per heavy atom. The van der Waals surface area contributed by atoms with E-state index in [1.165, 1.54) is 37.9 Å². The van der Waals surface area contributed by atoms with Crippen LogP contribution in [-0.4, -0.2) is 18.0 Å². The van der Waals surface area contributed by atoms with E-state index in [2.05, 4.69) is 54.8 Å². The highest BCUT2D eigenvalue weighted by Crippen LogP contribution is 2.35. The fourth-order valence-electron chi connectivity index (χ4n) is 3.02. The van der Waals surface area contributed by atoms with Gasteiger partial charge in [0.2, 0.25) is 0 Å². The molecule has 0 aliphatic carbocycles. The first-order valence-corrected chi connectivity index (χ1v) is 6.77. The monoisotopic (exact) mass is 229 g/mol. The van der Waals surface area contributed by atoms with Gasteiger partial charge in [-0.3, -0.25) is 4.90 Å². The largest absolute Gasteiger partial charge is 0.290 e. The molecule has 1 unspecified atom stereocenters. The molecule has 1 heteroatoms. The molecule has 1 aromatic carbocycles. The third-order valence-corrected chi connectivity index (χ3v) is 4.07. The van der Waals surface area contributed by atoms with Gasteiger partial charge in [0.05, 0.1) is 5.54 Å². The van der Waals surface area contributed by atoms with Crippen molar-refractivity contribution >= 4 is 0 Å². The quantitative estimate of drug-likeness (QED) is 0.706. The van der Waals surface area contributed by atoms with E-state index < -0.39 is 0 Å². The molecule has 1 atom stereocenters. The lowest BCUT2D eigenvalue weighted by atomic mass is 9.84. The van der Waals surface area contributed by atoms with Gasteiger partial charge in [0.1, 0.15) is 0 Å². The second-order valence-electron chi connectivity index (χ2n) is 4.90. The summed E-state index contributed by atoms with van der Waals surface area (Å²) in [5.74, 6) is 0.